The summed E-state index contributed by atoms with van der Waals surface area (Å²) in [6, 6.07) is 16.8. The molecule has 0 radical (unpaired) electrons. The fourth-order valence-electron chi connectivity index (χ4n) is 3.26. The van der Waals surface area contributed by atoms with Gasteiger partial charge < -0.3 is 4.57 Å². The van der Waals surface area contributed by atoms with Gasteiger partial charge in [-0.2, -0.15) is 0 Å². The SMILES string of the molecule is CCCn1c(-c2cccc(C)c2)c(I)c(=O)c(I)c1-c1cccc(C)c1. The van der Waals surface area contributed by atoms with E-state index in [1.165, 1.54) is 11.1 Å². The van der Waals surface area contributed by atoms with Gasteiger partial charge in [-0.05, 0) is 88.7 Å². The first-order chi connectivity index (χ1) is 12.4. The van der Waals surface area contributed by atoms with Crippen LogP contribution in [-0.4, -0.2) is 4.57 Å². The third kappa shape index (κ3) is 3.76. The van der Waals surface area contributed by atoms with Crippen LogP contribution in [-0.2, 0) is 6.54 Å². The minimum absolute atomic E-state index is 0.117. The van der Waals surface area contributed by atoms with E-state index in [0.29, 0.717) is 0 Å². The third-order valence-electron chi connectivity index (χ3n) is 4.38. The summed E-state index contributed by atoms with van der Waals surface area (Å²) < 4.78 is 3.92. The van der Waals surface area contributed by atoms with Crippen molar-refractivity contribution < 1.29 is 0 Å². The van der Waals surface area contributed by atoms with Gasteiger partial charge in [-0.1, -0.05) is 54.4 Å². The maximum absolute atomic E-state index is 13.1. The zero-order valence-electron chi connectivity index (χ0n) is 15.1. The summed E-state index contributed by atoms with van der Waals surface area (Å²) in [5, 5.41) is 0. The summed E-state index contributed by atoms with van der Waals surface area (Å²) in [6.07, 6.45) is 1.01. The summed E-state index contributed by atoms with van der Waals surface area (Å²) in [4.78, 5) is 13.1. The van der Waals surface area contributed by atoms with E-state index >= 15 is 0 Å². The van der Waals surface area contributed by atoms with Gasteiger partial charge in [-0.25, -0.2) is 0 Å². The van der Waals surface area contributed by atoms with E-state index in [1.54, 1.807) is 0 Å². The molecule has 0 saturated carbocycles. The minimum atomic E-state index is 0.117. The highest BCUT2D eigenvalue weighted by Gasteiger charge is 2.21. The van der Waals surface area contributed by atoms with Crippen LogP contribution < -0.4 is 5.43 Å². The van der Waals surface area contributed by atoms with Crippen molar-refractivity contribution in [3.63, 3.8) is 0 Å². The first kappa shape index (κ1) is 19.6. The predicted molar refractivity (Wildman–Crippen MR) is 127 cm³/mol. The summed E-state index contributed by atoms with van der Waals surface area (Å²) in [5.74, 6) is 0. The number of benzene rings is 2. The monoisotopic (exact) mass is 569 g/mol. The Morgan fingerprint density at radius 3 is 1.69 bits per heavy atom. The molecule has 134 valence electrons. The first-order valence-electron chi connectivity index (χ1n) is 8.70. The van der Waals surface area contributed by atoms with E-state index in [9.17, 15) is 4.79 Å². The molecule has 3 aromatic rings. The molecule has 1 aromatic heterocycles. The fraction of sp³-hybridized carbons (Fsp3) is 0.227. The van der Waals surface area contributed by atoms with Crippen LogP contribution in [0.4, 0.5) is 0 Å². The molecule has 1 heterocycles. The van der Waals surface area contributed by atoms with Gasteiger partial charge in [0.2, 0.25) is 5.43 Å². The smallest absolute Gasteiger partial charge is 0.209 e. The first-order valence-corrected chi connectivity index (χ1v) is 10.9. The molecule has 3 rings (SSSR count). The van der Waals surface area contributed by atoms with Gasteiger partial charge in [0.25, 0.3) is 0 Å². The lowest BCUT2D eigenvalue weighted by atomic mass is 10.0. The molecule has 0 bridgehead atoms. The lowest BCUT2D eigenvalue weighted by Gasteiger charge is -2.22. The Morgan fingerprint density at radius 1 is 0.846 bits per heavy atom. The Morgan fingerprint density at radius 2 is 1.31 bits per heavy atom. The Bertz CT molecular complexity index is 945. The van der Waals surface area contributed by atoms with Crippen molar-refractivity contribution in [3.05, 3.63) is 77.0 Å². The average molecular weight is 569 g/mol. The average Bonchev–Trinajstić information content (AvgIpc) is 2.60. The van der Waals surface area contributed by atoms with Crippen LogP contribution in [0, 0.1) is 21.0 Å². The van der Waals surface area contributed by atoms with Crippen LogP contribution in [0.15, 0.2) is 53.3 Å². The number of hydrogen-bond acceptors (Lipinski definition) is 1. The third-order valence-corrected chi connectivity index (χ3v) is 6.39. The molecule has 0 saturated heterocycles. The van der Waals surface area contributed by atoms with Crippen molar-refractivity contribution in [1.29, 1.82) is 0 Å². The van der Waals surface area contributed by atoms with Crippen molar-refractivity contribution in [2.75, 3.05) is 0 Å². The quantitative estimate of drug-likeness (QED) is 0.333. The van der Waals surface area contributed by atoms with E-state index in [2.05, 4.69) is 119 Å². The summed E-state index contributed by atoms with van der Waals surface area (Å²) in [7, 11) is 0. The number of halogens is 2. The molecular weight excluding hydrogens is 548 g/mol. The second kappa shape index (κ2) is 8.25. The predicted octanol–water partition coefficient (Wildman–Crippen LogP) is 6.42. The molecule has 26 heavy (non-hydrogen) atoms. The second-order valence-corrected chi connectivity index (χ2v) is 8.70. The van der Waals surface area contributed by atoms with Crippen molar-refractivity contribution in [2.45, 2.75) is 33.7 Å². The number of nitrogens with zero attached hydrogens (tertiary/aromatic N) is 1. The van der Waals surface area contributed by atoms with Crippen molar-refractivity contribution in [3.8, 4) is 22.5 Å². The van der Waals surface area contributed by atoms with Crippen LogP contribution >= 0.6 is 45.2 Å². The Labute approximate surface area is 181 Å². The molecule has 2 nitrogen and oxygen atoms in total. The van der Waals surface area contributed by atoms with Crippen LogP contribution in [0.5, 0.6) is 0 Å². The molecular formula is C22H21I2NO. The van der Waals surface area contributed by atoms with Crippen molar-refractivity contribution in [1.82, 2.24) is 4.57 Å². The highest BCUT2D eigenvalue weighted by Crippen LogP contribution is 2.33. The lowest BCUT2D eigenvalue weighted by molar-refractivity contribution is 0.682. The largest absolute Gasteiger partial charge is 0.339 e. The van der Waals surface area contributed by atoms with Crippen molar-refractivity contribution in [2.24, 2.45) is 0 Å². The van der Waals surface area contributed by atoms with Crippen LogP contribution in [0.25, 0.3) is 22.5 Å². The van der Waals surface area contributed by atoms with E-state index in [4.69, 9.17) is 0 Å². The zero-order chi connectivity index (χ0) is 18.8. The van der Waals surface area contributed by atoms with E-state index in [1.807, 2.05) is 0 Å². The number of aromatic nitrogens is 1. The molecule has 0 N–H and O–H groups in total. The summed E-state index contributed by atoms with van der Waals surface area (Å²) in [6.45, 7) is 7.23. The molecule has 0 aliphatic carbocycles. The Balaban J connectivity index is 2.43. The highest BCUT2D eigenvalue weighted by molar-refractivity contribution is 14.1. The van der Waals surface area contributed by atoms with Gasteiger partial charge in [-0.3, -0.25) is 4.79 Å². The minimum Gasteiger partial charge on any atom is -0.339 e. The van der Waals surface area contributed by atoms with Crippen LogP contribution in [0.2, 0.25) is 0 Å². The highest BCUT2D eigenvalue weighted by atomic mass is 127. The molecule has 0 atom stereocenters. The number of hydrogen-bond donors (Lipinski definition) is 0. The van der Waals surface area contributed by atoms with Crippen LogP contribution in [0.3, 0.4) is 0 Å². The number of aryl methyl sites for hydroxylation is 2. The molecule has 0 spiro atoms. The van der Waals surface area contributed by atoms with E-state index < -0.39 is 0 Å². The molecule has 0 unspecified atom stereocenters. The second-order valence-electron chi connectivity index (χ2n) is 6.54. The topological polar surface area (TPSA) is 22.0 Å². The standard InChI is InChI=1S/C22H21I2NO/c1-4-11-25-20(16-9-5-7-14(2)12-16)18(23)22(26)19(24)21(25)17-10-6-8-15(3)13-17/h5-10,12-13H,4,11H2,1-3H3. The molecule has 2 aromatic carbocycles. The number of pyridine rings is 1. The van der Waals surface area contributed by atoms with Gasteiger partial charge in [0.1, 0.15) is 0 Å². The molecule has 0 fully saturated rings. The number of rotatable bonds is 4. The molecule has 0 aliphatic rings. The molecule has 4 heteroatoms. The zero-order valence-corrected chi connectivity index (χ0v) is 19.5. The van der Waals surface area contributed by atoms with Crippen molar-refractivity contribution >= 4 is 45.2 Å². The van der Waals surface area contributed by atoms with E-state index in [-0.39, 0.29) is 5.43 Å². The van der Waals surface area contributed by atoms with Gasteiger partial charge in [0.15, 0.2) is 0 Å². The Kier molecular flexibility index (Phi) is 6.22. The van der Waals surface area contributed by atoms with Gasteiger partial charge in [0.05, 0.1) is 18.5 Å². The fourth-order valence-corrected chi connectivity index (χ4v) is 5.52. The molecule has 0 aliphatic heterocycles. The van der Waals surface area contributed by atoms with E-state index in [0.717, 1.165) is 42.6 Å². The normalized spacial score (nSPS) is 11.0. The van der Waals surface area contributed by atoms with Gasteiger partial charge in [0, 0.05) is 6.54 Å². The van der Waals surface area contributed by atoms with Gasteiger partial charge >= 0.3 is 0 Å². The van der Waals surface area contributed by atoms with Gasteiger partial charge in [-0.15, -0.1) is 0 Å². The maximum atomic E-state index is 13.1. The molecule has 0 amide bonds. The van der Waals surface area contributed by atoms with Crippen LogP contribution in [0.1, 0.15) is 24.5 Å². The summed E-state index contributed by atoms with van der Waals surface area (Å²) in [5.41, 5.74) is 6.77. The summed E-state index contributed by atoms with van der Waals surface area (Å²) >= 11 is 4.43. The lowest BCUT2D eigenvalue weighted by Crippen LogP contribution is -2.21. The Hall–Kier alpha value is -1.15. The maximum Gasteiger partial charge on any atom is 0.209 e.